The van der Waals surface area contributed by atoms with Crippen LogP contribution in [0, 0.1) is 11.8 Å². The van der Waals surface area contributed by atoms with Crippen LogP contribution in [0.2, 0.25) is 10.0 Å². The molecule has 0 fully saturated rings. The molecule has 2 atom stereocenters. The molecule has 0 spiro atoms. The standard InChI is InChI=1S/C48H70Cl2N2S4/c1-5-9-13-17-19-23-27-35(25-21-15-11-7-3)29-41-37(49)31-45(53-41)47-51-39-33-44-40(34-43(39)55-47)52-48(56-44)46-32-38(50)42(54-46)30-36(26-22-16-12-8-4)28-24-20-18-14-10-6-2/h31-36H,5-30H2,1-4H3. The number of unbranched alkanes of at least 4 members (excludes halogenated alkanes) is 16. The van der Waals surface area contributed by atoms with E-state index in [0.29, 0.717) is 0 Å². The van der Waals surface area contributed by atoms with E-state index in [2.05, 4.69) is 52.0 Å². The lowest BCUT2D eigenvalue weighted by molar-refractivity contribution is 0.404. The molecule has 0 aliphatic rings. The molecule has 1 aromatic carbocycles. The number of thiophene rings is 2. The fourth-order valence-electron chi connectivity index (χ4n) is 8.23. The highest BCUT2D eigenvalue weighted by atomic mass is 35.5. The number of hydrogen-bond donors (Lipinski definition) is 0. The molecule has 0 aliphatic carbocycles. The number of rotatable bonds is 30. The summed E-state index contributed by atoms with van der Waals surface area (Å²) in [6, 6.07) is 8.85. The van der Waals surface area contributed by atoms with Crippen LogP contribution in [0.3, 0.4) is 0 Å². The number of hydrogen-bond acceptors (Lipinski definition) is 6. The highest BCUT2D eigenvalue weighted by Gasteiger charge is 2.20. The molecule has 0 N–H and O–H groups in total. The van der Waals surface area contributed by atoms with E-state index in [9.17, 15) is 0 Å². The van der Waals surface area contributed by atoms with Gasteiger partial charge in [-0.2, -0.15) is 0 Å². The van der Waals surface area contributed by atoms with Gasteiger partial charge in [0.25, 0.3) is 0 Å². The van der Waals surface area contributed by atoms with E-state index in [1.54, 1.807) is 22.7 Å². The number of benzene rings is 1. The normalized spacial score (nSPS) is 13.1. The van der Waals surface area contributed by atoms with Crippen molar-refractivity contribution in [3.63, 3.8) is 0 Å². The lowest BCUT2D eigenvalue weighted by Crippen LogP contribution is -2.04. The average molecular weight is 874 g/mol. The van der Waals surface area contributed by atoms with E-state index in [1.165, 1.54) is 183 Å². The largest absolute Gasteiger partial charge is 0.235 e. The van der Waals surface area contributed by atoms with Crippen LogP contribution >= 0.6 is 68.5 Å². The van der Waals surface area contributed by atoms with Crippen LogP contribution < -0.4 is 0 Å². The second-order valence-electron chi connectivity index (χ2n) is 16.5. The van der Waals surface area contributed by atoms with Crippen LogP contribution in [-0.2, 0) is 12.8 Å². The summed E-state index contributed by atoms with van der Waals surface area (Å²) in [4.78, 5) is 15.4. The third-order valence-electron chi connectivity index (χ3n) is 11.6. The minimum Gasteiger partial charge on any atom is -0.235 e. The lowest BCUT2D eigenvalue weighted by atomic mass is 9.91. The van der Waals surface area contributed by atoms with Crippen molar-refractivity contribution in [3.8, 4) is 19.8 Å². The maximum absolute atomic E-state index is 6.97. The summed E-state index contributed by atoms with van der Waals surface area (Å²) in [6.45, 7) is 9.21. The molecule has 0 aliphatic heterocycles. The average Bonchev–Trinajstić information content (AvgIpc) is 3.98. The van der Waals surface area contributed by atoms with Gasteiger partial charge in [0.15, 0.2) is 0 Å². The van der Waals surface area contributed by atoms with Gasteiger partial charge in [-0.15, -0.1) is 45.3 Å². The van der Waals surface area contributed by atoms with Crippen molar-refractivity contribution >= 4 is 89.0 Å². The van der Waals surface area contributed by atoms with Gasteiger partial charge in [-0.05, 0) is 48.9 Å². The van der Waals surface area contributed by atoms with Crippen molar-refractivity contribution < 1.29 is 0 Å². The first kappa shape index (κ1) is 46.1. The highest BCUT2D eigenvalue weighted by molar-refractivity contribution is 7.27. The number of fused-ring (bicyclic) bond motifs is 2. The Kier molecular flexibility index (Phi) is 21.0. The molecule has 4 aromatic heterocycles. The molecule has 56 heavy (non-hydrogen) atoms. The highest BCUT2D eigenvalue weighted by Crippen LogP contribution is 2.44. The van der Waals surface area contributed by atoms with Crippen LogP contribution in [0.4, 0.5) is 0 Å². The fourth-order valence-corrected chi connectivity index (χ4v) is 13.3. The predicted molar refractivity (Wildman–Crippen MR) is 257 cm³/mol. The Hall–Kier alpha value is -1.02. The third-order valence-corrected chi connectivity index (χ3v) is 17.2. The van der Waals surface area contributed by atoms with Gasteiger partial charge in [-0.25, -0.2) is 9.97 Å². The Morgan fingerprint density at radius 3 is 1.11 bits per heavy atom. The molecule has 4 heterocycles. The van der Waals surface area contributed by atoms with Crippen LogP contribution in [-0.4, -0.2) is 9.97 Å². The Morgan fingerprint density at radius 2 is 0.750 bits per heavy atom. The number of thiazole rings is 2. The number of nitrogens with zero attached hydrogens (tertiary/aromatic N) is 2. The van der Waals surface area contributed by atoms with E-state index in [4.69, 9.17) is 33.2 Å². The molecule has 0 bridgehead atoms. The quantitative estimate of drug-likeness (QED) is 0.0430. The Balaban J connectivity index is 1.24. The summed E-state index contributed by atoms with van der Waals surface area (Å²) in [6.07, 6.45) is 34.5. The third kappa shape index (κ3) is 14.6. The molecule has 310 valence electrons. The molecule has 0 radical (unpaired) electrons. The number of halogens is 2. The van der Waals surface area contributed by atoms with Gasteiger partial charge in [-0.1, -0.05) is 205 Å². The van der Waals surface area contributed by atoms with Crippen molar-refractivity contribution in [2.75, 3.05) is 0 Å². The SMILES string of the molecule is CCCCCCCCC(CCCCCC)Cc1sc(-c2nc3cc4sc(-c5cc(Cl)c(CC(CCCCCC)CCCCCCCC)s5)nc4cc3s2)cc1Cl. The second kappa shape index (κ2) is 25.6. The second-order valence-corrected chi connectivity index (χ2v) is 21.7. The van der Waals surface area contributed by atoms with Crippen LogP contribution in [0.1, 0.15) is 192 Å². The minimum absolute atomic E-state index is 0.723. The zero-order chi connectivity index (χ0) is 39.5. The van der Waals surface area contributed by atoms with Gasteiger partial charge in [0.05, 0.1) is 40.2 Å². The Bertz CT molecular complexity index is 1650. The summed E-state index contributed by atoms with van der Waals surface area (Å²) >= 11 is 21.2. The summed E-state index contributed by atoms with van der Waals surface area (Å²) < 4.78 is 2.38. The van der Waals surface area contributed by atoms with Crippen molar-refractivity contribution in [3.05, 3.63) is 44.1 Å². The Morgan fingerprint density at radius 1 is 0.429 bits per heavy atom. The van der Waals surface area contributed by atoms with Crippen LogP contribution in [0.25, 0.3) is 40.2 Å². The molecular formula is C48H70Cl2N2S4. The summed E-state index contributed by atoms with van der Waals surface area (Å²) in [5.41, 5.74) is 2.11. The summed E-state index contributed by atoms with van der Waals surface area (Å²) in [7, 11) is 0. The molecule has 2 unspecified atom stereocenters. The van der Waals surface area contributed by atoms with Crippen molar-refractivity contribution in [1.29, 1.82) is 0 Å². The first-order chi connectivity index (χ1) is 27.4. The molecule has 5 rings (SSSR count). The molecular weight excluding hydrogens is 804 g/mol. The van der Waals surface area contributed by atoms with E-state index < -0.39 is 0 Å². The van der Waals surface area contributed by atoms with Gasteiger partial charge in [0.1, 0.15) is 10.0 Å². The van der Waals surface area contributed by atoms with Gasteiger partial charge in [0, 0.05) is 9.75 Å². The molecule has 5 aromatic rings. The molecule has 0 saturated carbocycles. The predicted octanol–water partition coefficient (Wildman–Crippen LogP) is 19.4. The van der Waals surface area contributed by atoms with Crippen molar-refractivity contribution in [2.45, 2.75) is 195 Å². The molecule has 8 heteroatoms. The maximum Gasteiger partial charge on any atom is 0.134 e. The summed E-state index contributed by atoms with van der Waals surface area (Å²) in [5, 5.41) is 4.01. The van der Waals surface area contributed by atoms with Gasteiger partial charge >= 0.3 is 0 Å². The van der Waals surface area contributed by atoms with Gasteiger partial charge < -0.3 is 0 Å². The van der Waals surface area contributed by atoms with E-state index in [0.717, 1.165) is 55.8 Å². The van der Waals surface area contributed by atoms with Crippen LogP contribution in [0.15, 0.2) is 24.3 Å². The van der Waals surface area contributed by atoms with E-state index in [-0.39, 0.29) is 0 Å². The monoisotopic (exact) mass is 872 g/mol. The first-order valence-corrected chi connectivity index (χ1v) is 26.7. The summed E-state index contributed by atoms with van der Waals surface area (Å²) in [5.74, 6) is 1.45. The van der Waals surface area contributed by atoms with Gasteiger partial charge in [-0.3, -0.25) is 0 Å². The minimum atomic E-state index is 0.723. The zero-order valence-corrected chi connectivity index (χ0v) is 39.9. The molecule has 0 saturated heterocycles. The van der Waals surface area contributed by atoms with E-state index in [1.807, 2.05) is 22.7 Å². The van der Waals surface area contributed by atoms with Crippen LogP contribution in [0.5, 0.6) is 0 Å². The fraction of sp³-hybridized carbons (Fsp3) is 0.667. The Labute approximate surface area is 366 Å². The van der Waals surface area contributed by atoms with Crippen molar-refractivity contribution in [2.24, 2.45) is 11.8 Å². The number of aromatic nitrogens is 2. The van der Waals surface area contributed by atoms with E-state index >= 15 is 0 Å². The lowest BCUT2D eigenvalue weighted by Gasteiger charge is -2.16. The zero-order valence-electron chi connectivity index (χ0n) is 35.1. The van der Waals surface area contributed by atoms with Crippen molar-refractivity contribution in [1.82, 2.24) is 9.97 Å². The molecule has 2 nitrogen and oxygen atoms in total. The maximum atomic E-state index is 6.97. The first-order valence-electron chi connectivity index (χ1n) is 22.7. The van der Waals surface area contributed by atoms with Gasteiger partial charge in [0.2, 0.25) is 0 Å². The smallest absolute Gasteiger partial charge is 0.134 e. The molecule has 0 amide bonds. The topological polar surface area (TPSA) is 25.8 Å².